The molecule has 2 heterocycles. The number of hydrogen-bond donors (Lipinski definition) is 0. The van der Waals surface area contributed by atoms with Gasteiger partial charge in [0, 0.05) is 44.1 Å². The van der Waals surface area contributed by atoms with Gasteiger partial charge in [0.1, 0.15) is 11.6 Å². The third kappa shape index (κ3) is 3.62. The van der Waals surface area contributed by atoms with Gasteiger partial charge >= 0.3 is 0 Å². The Balaban J connectivity index is 1.74. The molecule has 0 bridgehead atoms. The second-order valence-corrected chi connectivity index (χ2v) is 6.51. The molecule has 1 atom stereocenters. The fraction of sp³-hybridized carbons (Fsp3) is 0.526. The van der Waals surface area contributed by atoms with E-state index in [1.807, 2.05) is 12.3 Å². The van der Waals surface area contributed by atoms with Crippen molar-refractivity contribution >= 4 is 0 Å². The third-order valence-electron chi connectivity index (χ3n) is 4.86. The quantitative estimate of drug-likeness (QED) is 0.816. The van der Waals surface area contributed by atoms with E-state index in [2.05, 4.69) is 57.7 Å². The molecule has 1 aromatic heterocycles. The Morgan fingerprint density at radius 2 is 2.08 bits per heavy atom. The number of hydrogen-bond acceptors (Lipinski definition) is 4. The number of aromatic nitrogens is 2. The summed E-state index contributed by atoms with van der Waals surface area (Å²) in [5, 5.41) is 0. The van der Waals surface area contributed by atoms with Crippen molar-refractivity contribution in [1.29, 1.82) is 0 Å². The molecule has 0 aliphatic carbocycles. The van der Waals surface area contributed by atoms with Crippen LogP contribution in [0, 0.1) is 0 Å². The molecular weight excluding hydrogens is 300 g/mol. The van der Waals surface area contributed by atoms with E-state index >= 15 is 0 Å². The number of imidazole rings is 1. The fourth-order valence-corrected chi connectivity index (χ4v) is 3.49. The van der Waals surface area contributed by atoms with E-state index < -0.39 is 0 Å². The average molecular weight is 328 g/mol. The van der Waals surface area contributed by atoms with Crippen LogP contribution in [-0.2, 0) is 13.1 Å². The normalized spacial score (nSPS) is 19.5. The highest BCUT2D eigenvalue weighted by molar-refractivity contribution is 5.36. The van der Waals surface area contributed by atoms with E-state index in [4.69, 9.17) is 4.74 Å². The Hall–Kier alpha value is -1.85. The summed E-state index contributed by atoms with van der Waals surface area (Å²) >= 11 is 0. The SMILES string of the molecule is CCCn1ccnc1CN1CCN(C)[C@@H](c2ccccc2OC)C1. The largest absolute Gasteiger partial charge is 0.496 e. The molecule has 2 aromatic rings. The Morgan fingerprint density at radius 1 is 1.25 bits per heavy atom. The fourth-order valence-electron chi connectivity index (χ4n) is 3.49. The molecule has 0 saturated carbocycles. The van der Waals surface area contributed by atoms with Gasteiger partial charge in [0.15, 0.2) is 0 Å². The zero-order valence-electron chi connectivity index (χ0n) is 15.0. The first kappa shape index (κ1) is 17.0. The summed E-state index contributed by atoms with van der Waals surface area (Å²) in [6.07, 6.45) is 5.14. The molecule has 0 spiro atoms. The van der Waals surface area contributed by atoms with Gasteiger partial charge in [0.05, 0.1) is 19.7 Å². The van der Waals surface area contributed by atoms with Crippen molar-refractivity contribution in [2.45, 2.75) is 32.5 Å². The van der Waals surface area contributed by atoms with Crippen LogP contribution >= 0.6 is 0 Å². The van der Waals surface area contributed by atoms with Crippen LogP contribution in [0.25, 0.3) is 0 Å². The summed E-state index contributed by atoms with van der Waals surface area (Å²) in [5.74, 6) is 2.14. The molecule has 1 fully saturated rings. The van der Waals surface area contributed by atoms with Crippen LogP contribution in [0.5, 0.6) is 5.75 Å². The van der Waals surface area contributed by atoms with Gasteiger partial charge in [-0.2, -0.15) is 0 Å². The molecule has 1 saturated heterocycles. The molecule has 0 radical (unpaired) electrons. The highest BCUT2D eigenvalue weighted by Gasteiger charge is 2.28. The summed E-state index contributed by atoms with van der Waals surface area (Å²) < 4.78 is 7.85. The van der Waals surface area contributed by atoms with Crippen molar-refractivity contribution in [2.24, 2.45) is 0 Å². The van der Waals surface area contributed by atoms with Gasteiger partial charge in [-0.15, -0.1) is 0 Å². The van der Waals surface area contributed by atoms with Gasteiger partial charge in [0.2, 0.25) is 0 Å². The summed E-state index contributed by atoms with van der Waals surface area (Å²) in [6.45, 7) is 7.27. The van der Waals surface area contributed by atoms with Crippen molar-refractivity contribution in [3.63, 3.8) is 0 Å². The first-order valence-electron chi connectivity index (χ1n) is 8.78. The summed E-state index contributed by atoms with van der Waals surface area (Å²) in [7, 11) is 3.95. The minimum Gasteiger partial charge on any atom is -0.496 e. The monoisotopic (exact) mass is 328 g/mol. The lowest BCUT2D eigenvalue weighted by atomic mass is 10.0. The number of piperazine rings is 1. The van der Waals surface area contributed by atoms with Crippen molar-refractivity contribution in [2.75, 3.05) is 33.8 Å². The molecule has 1 aliphatic rings. The molecule has 5 nitrogen and oxygen atoms in total. The number of aryl methyl sites for hydroxylation is 1. The number of para-hydroxylation sites is 1. The number of ether oxygens (including phenoxy) is 1. The van der Waals surface area contributed by atoms with E-state index in [0.29, 0.717) is 6.04 Å². The summed E-state index contributed by atoms with van der Waals surface area (Å²) in [4.78, 5) is 9.49. The van der Waals surface area contributed by atoms with Crippen LogP contribution < -0.4 is 4.74 Å². The van der Waals surface area contributed by atoms with Gasteiger partial charge in [0.25, 0.3) is 0 Å². The van der Waals surface area contributed by atoms with E-state index in [1.54, 1.807) is 7.11 Å². The Kier molecular flexibility index (Phi) is 5.53. The molecule has 1 aliphatic heterocycles. The highest BCUT2D eigenvalue weighted by atomic mass is 16.5. The van der Waals surface area contributed by atoms with Crippen LogP contribution in [0.4, 0.5) is 0 Å². The number of nitrogens with zero attached hydrogens (tertiary/aromatic N) is 4. The van der Waals surface area contributed by atoms with Crippen molar-refractivity contribution in [3.05, 3.63) is 48.0 Å². The molecule has 0 amide bonds. The smallest absolute Gasteiger partial charge is 0.123 e. The molecule has 0 N–H and O–H groups in total. The lowest BCUT2D eigenvalue weighted by Crippen LogP contribution is -2.46. The number of likely N-dealkylation sites (N-methyl/N-ethyl adjacent to an activating group) is 1. The summed E-state index contributed by atoms with van der Waals surface area (Å²) in [5.41, 5.74) is 1.27. The molecule has 5 heteroatoms. The third-order valence-corrected chi connectivity index (χ3v) is 4.86. The maximum Gasteiger partial charge on any atom is 0.123 e. The first-order chi connectivity index (χ1) is 11.7. The molecule has 1 aromatic carbocycles. The van der Waals surface area contributed by atoms with Crippen LogP contribution in [0.2, 0.25) is 0 Å². The van der Waals surface area contributed by atoms with Gasteiger partial charge in [-0.25, -0.2) is 4.98 Å². The van der Waals surface area contributed by atoms with E-state index in [-0.39, 0.29) is 0 Å². The first-order valence-corrected chi connectivity index (χ1v) is 8.78. The predicted molar refractivity (Wildman–Crippen MR) is 96.2 cm³/mol. The number of rotatable bonds is 6. The van der Waals surface area contributed by atoms with Crippen molar-refractivity contribution in [3.8, 4) is 5.75 Å². The van der Waals surface area contributed by atoms with Gasteiger partial charge in [-0.3, -0.25) is 9.80 Å². The minimum atomic E-state index is 0.351. The Bertz CT molecular complexity index is 654. The van der Waals surface area contributed by atoms with Gasteiger partial charge < -0.3 is 9.30 Å². The maximum absolute atomic E-state index is 5.58. The molecule has 0 unspecified atom stereocenters. The van der Waals surface area contributed by atoms with Crippen LogP contribution in [0.1, 0.15) is 30.8 Å². The van der Waals surface area contributed by atoms with Crippen LogP contribution in [0.15, 0.2) is 36.7 Å². The van der Waals surface area contributed by atoms with Gasteiger partial charge in [-0.1, -0.05) is 25.1 Å². The van der Waals surface area contributed by atoms with E-state index in [0.717, 1.165) is 44.9 Å². The Labute approximate surface area is 144 Å². The molecule has 24 heavy (non-hydrogen) atoms. The second-order valence-electron chi connectivity index (χ2n) is 6.51. The Morgan fingerprint density at radius 3 is 2.88 bits per heavy atom. The lowest BCUT2D eigenvalue weighted by molar-refractivity contribution is 0.0863. The molecule has 130 valence electrons. The molecular formula is C19H28N4O. The minimum absolute atomic E-state index is 0.351. The maximum atomic E-state index is 5.58. The topological polar surface area (TPSA) is 33.5 Å². The van der Waals surface area contributed by atoms with E-state index in [9.17, 15) is 0 Å². The van der Waals surface area contributed by atoms with Crippen molar-refractivity contribution < 1.29 is 4.74 Å². The second kappa shape index (κ2) is 7.81. The van der Waals surface area contributed by atoms with Gasteiger partial charge in [-0.05, 0) is 19.5 Å². The lowest BCUT2D eigenvalue weighted by Gasteiger charge is -2.40. The standard InChI is InChI=1S/C19H28N4O/c1-4-10-23-11-9-20-19(23)15-22-13-12-21(2)17(14-22)16-7-5-6-8-18(16)24-3/h5-9,11,17H,4,10,12-15H2,1-3H3/t17-/m1/s1. The van der Waals surface area contributed by atoms with Crippen LogP contribution in [-0.4, -0.2) is 53.1 Å². The number of methoxy groups -OCH3 is 1. The zero-order chi connectivity index (χ0) is 16.9. The number of benzene rings is 1. The predicted octanol–water partition coefficient (Wildman–Crippen LogP) is 2.79. The highest BCUT2D eigenvalue weighted by Crippen LogP contribution is 2.31. The van der Waals surface area contributed by atoms with E-state index in [1.165, 1.54) is 11.4 Å². The average Bonchev–Trinajstić information content (AvgIpc) is 3.04. The zero-order valence-corrected chi connectivity index (χ0v) is 15.0. The molecule has 3 rings (SSSR count). The summed E-state index contributed by atoms with van der Waals surface area (Å²) in [6, 6.07) is 8.71. The van der Waals surface area contributed by atoms with Crippen molar-refractivity contribution in [1.82, 2.24) is 19.4 Å². The van der Waals surface area contributed by atoms with Crippen LogP contribution in [0.3, 0.4) is 0 Å².